The van der Waals surface area contributed by atoms with Crippen molar-refractivity contribution in [2.45, 2.75) is 19.8 Å². The molecule has 1 aromatic rings. The van der Waals surface area contributed by atoms with E-state index in [0.29, 0.717) is 6.42 Å². The van der Waals surface area contributed by atoms with Crippen LogP contribution in [0.2, 0.25) is 0 Å². The van der Waals surface area contributed by atoms with Crippen LogP contribution in [0, 0.1) is 0 Å². The maximum Gasteiger partial charge on any atom is 0.144 e. The summed E-state index contributed by atoms with van der Waals surface area (Å²) in [5.41, 5.74) is 1.96. The standard InChI is InChI=1S/C13H14O2/c1-3-11-4-6-12(7-5-11)9-13(15)8-10(2)14/h3-7H,1,8-9H2,2H3. The third-order valence-electron chi connectivity index (χ3n) is 2.06. The highest BCUT2D eigenvalue weighted by atomic mass is 16.1. The van der Waals surface area contributed by atoms with Crippen molar-refractivity contribution < 1.29 is 9.59 Å². The van der Waals surface area contributed by atoms with Gasteiger partial charge < -0.3 is 0 Å². The fourth-order valence-electron chi connectivity index (χ4n) is 1.34. The molecule has 0 aliphatic heterocycles. The Morgan fingerprint density at radius 2 is 1.87 bits per heavy atom. The van der Waals surface area contributed by atoms with Gasteiger partial charge in [-0.05, 0) is 18.1 Å². The van der Waals surface area contributed by atoms with Crippen LogP contribution in [-0.4, -0.2) is 11.6 Å². The molecule has 0 aromatic heterocycles. The molecule has 0 fully saturated rings. The third-order valence-corrected chi connectivity index (χ3v) is 2.06. The van der Waals surface area contributed by atoms with Crippen LogP contribution in [0.15, 0.2) is 30.8 Å². The number of hydrogen-bond acceptors (Lipinski definition) is 2. The molecule has 78 valence electrons. The Balaban J connectivity index is 2.61. The van der Waals surface area contributed by atoms with Crippen LogP contribution in [-0.2, 0) is 16.0 Å². The van der Waals surface area contributed by atoms with Gasteiger partial charge in [0, 0.05) is 6.42 Å². The second kappa shape index (κ2) is 5.25. The first-order valence-corrected chi connectivity index (χ1v) is 4.84. The van der Waals surface area contributed by atoms with E-state index in [9.17, 15) is 9.59 Å². The zero-order valence-corrected chi connectivity index (χ0v) is 8.82. The van der Waals surface area contributed by atoms with Crippen LogP contribution in [0.25, 0.3) is 6.08 Å². The maximum absolute atomic E-state index is 11.3. The molecular weight excluding hydrogens is 188 g/mol. The number of carbonyl (C=O) groups excluding carboxylic acids is 2. The van der Waals surface area contributed by atoms with Crippen molar-refractivity contribution in [2.75, 3.05) is 0 Å². The van der Waals surface area contributed by atoms with Crippen molar-refractivity contribution in [3.8, 4) is 0 Å². The fourth-order valence-corrected chi connectivity index (χ4v) is 1.34. The Morgan fingerprint density at radius 3 is 2.33 bits per heavy atom. The summed E-state index contributed by atoms with van der Waals surface area (Å²) >= 11 is 0. The van der Waals surface area contributed by atoms with Crippen LogP contribution in [0.1, 0.15) is 24.5 Å². The Bertz CT molecular complexity index is 374. The van der Waals surface area contributed by atoms with Gasteiger partial charge in [-0.3, -0.25) is 9.59 Å². The molecule has 0 bridgehead atoms. The number of benzene rings is 1. The lowest BCUT2D eigenvalue weighted by Gasteiger charge is -2.00. The Labute approximate surface area is 89.6 Å². The molecule has 2 nitrogen and oxygen atoms in total. The van der Waals surface area contributed by atoms with Gasteiger partial charge in [-0.25, -0.2) is 0 Å². The molecule has 2 heteroatoms. The highest BCUT2D eigenvalue weighted by Gasteiger charge is 2.06. The summed E-state index contributed by atoms with van der Waals surface area (Å²) in [6.45, 7) is 5.08. The Hall–Kier alpha value is -1.70. The van der Waals surface area contributed by atoms with Gasteiger partial charge in [0.25, 0.3) is 0 Å². The van der Waals surface area contributed by atoms with E-state index in [0.717, 1.165) is 11.1 Å². The van der Waals surface area contributed by atoms with Crippen LogP contribution in [0.3, 0.4) is 0 Å². The third kappa shape index (κ3) is 3.90. The van der Waals surface area contributed by atoms with E-state index in [-0.39, 0.29) is 18.0 Å². The smallest absolute Gasteiger partial charge is 0.144 e. The Morgan fingerprint density at radius 1 is 1.27 bits per heavy atom. The minimum Gasteiger partial charge on any atom is -0.300 e. The first kappa shape index (κ1) is 11.4. The van der Waals surface area contributed by atoms with E-state index in [2.05, 4.69) is 6.58 Å². The summed E-state index contributed by atoms with van der Waals surface area (Å²) in [6, 6.07) is 7.58. The molecule has 0 saturated carbocycles. The van der Waals surface area contributed by atoms with Gasteiger partial charge in [-0.2, -0.15) is 0 Å². The molecule has 0 atom stereocenters. The molecule has 0 amide bonds. The maximum atomic E-state index is 11.3. The minimum absolute atomic E-state index is 0.0310. The molecule has 0 aliphatic carbocycles. The van der Waals surface area contributed by atoms with Crippen molar-refractivity contribution in [3.05, 3.63) is 42.0 Å². The average molecular weight is 202 g/mol. The van der Waals surface area contributed by atoms with Gasteiger partial charge in [-0.15, -0.1) is 0 Å². The molecule has 0 saturated heterocycles. The molecule has 0 aliphatic rings. The topological polar surface area (TPSA) is 34.1 Å². The number of Topliss-reactive ketones (excluding diaryl/α,β-unsaturated/α-hetero) is 2. The van der Waals surface area contributed by atoms with E-state index < -0.39 is 0 Å². The molecule has 15 heavy (non-hydrogen) atoms. The van der Waals surface area contributed by atoms with E-state index in [1.807, 2.05) is 24.3 Å². The molecule has 1 rings (SSSR count). The quantitative estimate of drug-likeness (QED) is 0.687. The van der Waals surface area contributed by atoms with Crippen LogP contribution >= 0.6 is 0 Å². The lowest BCUT2D eigenvalue weighted by Crippen LogP contribution is -2.07. The molecule has 0 radical (unpaired) electrons. The van der Waals surface area contributed by atoms with Crippen molar-refractivity contribution in [3.63, 3.8) is 0 Å². The number of carbonyl (C=O) groups is 2. The summed E-state index contributed by atoms with van der Waals surface area (Å²) in [7, 11) is 0. The zero-order valence-electron chi connectivity index (χ0n) is 8.82. The van der Waals surface area contributed by atoms with Gasteiger partial charge in [0.05, 0.1) is 6.42 Å². The van der Waals surface area contributed by atoms with E-state index in [1.165, 1.54) is 6.92 Å². The van der Waals surface area contributed by atoms with E-state index >= 15 is 0 Å². The second-order valence-electron chi connectivity index (χ2n) is 3.54. The SMILES string of the molecule is C=Cc1ccc(CC(=O)CC(C)=O)cc1. The van der Waals surface area contributed by atoms with Crippen molar-refractivity contribution >= 4 is 17.6 Å². The van der Waals surface area contributed by atoms with Gasteiger partial charge in [0.15, 0.2) is 0 Å². The molecule has 0 N–H and O–H groups in total. The lowest BCUT2D eigenvalue weighted by atomic mass is 10.0. The van der Waals surface area contributed by atoms with Crippen molar-refractivity contribution in [1.82, 2.24) is 0 Å². The summed E-state index contributed by atoms with van der Waals surface area (Å²) in [6.07, 6.45) is 2.11. The van der Waals surface area contributed by atoms with Gasteiger partial charge >= 0.3 is 0 Å². The number of rotatable bonds is 5. The zero-order chi connectivity index (χ0) is 11.3. The van der Waals surface area contributed by atoms with Gasteiger partial charge in [0.1, 0.15) is 11.6 Å². The van der Waals surface area contributed by atoms with Crippen LogP contribution in [0.5, 0.6) is 0 Å². The van der Waals surface area contributed by atoms with Gasteiger partial charge in [-0.1, -0.05) is 36.9 Å². The summed E-state index contributed by atoms with van der Waals surface area (Å²) in [5, 5.41) is 0. The van der Waals surface area contributed by atoms with Crippen LogP contribution in [0.4, 0.5) is 0 Å². The molecule has 1 aromatic carbocycles. The van der Waals surface area contributed by atoms with E-state index in [4.69, 9.17) is 0 Å². The average Bonchev–Trinajstić information content (AvgIpc) is 2.17. The number of ketones is 2. The van der Waals surface area contributed by atoms with Crippen molar-refractivity contribution in [1.29, 1.82) is 0 Å². The highest BCUT2D eigenvalue weighted by Crippen LogP contribution is 2.07. The first-order valence-electron chi connectivity index (χ1n) is 4.84. The summed E-state index contributed by atoms with van der Waals surface area (Å²) < 4.78 is 0. The molecule has 0 spiro atoms. The highest BCUT2D eigenvalue weighted by molar-refractivity contribution is 5.98. The number of hydrogen-bond donors (Lipinski definition) is 0. The first-order chi connectivity index (χ1) is 7.11. The van der Waals surface area contributed by atoms with E-state index in [1.54, 1.807) is 6.08 Å². The predicted molar refractivity (Wildman–Crippen MR) is 60.5 cm³/mol. The molecular formula is C13H14O2. The largest absolute Gasteiger partial charge is 0.300 e. The second-order valence-corrected chi connectivity index (χ2v) is 3.54. The lowest BCUT2D eigenvalue weighted by molar-refractivity contribution is -0.125. The monoisotopic (exact) mass is 202 g/mol. The van der Waals surface area contributed by atoms with Crippen molar-refractivity contribution in [2.24, 2.45) is 0 Å². The van der Waals surface area contributed by atoms with Gasteiger partial charge in [0.2, 0.25) is 0 Å². The molecule has 0 unspecified atom stereocenters. The van der Waals surface area contributed by atoms with Crippen LogP contribution < -0.4 is 0 Å². The predicted octanol–water partition coefficient (Wildman–Crippen LogP) is 2.42. The Kier molecular flexibility index (Phi) is 3.98. The minimum atomic E-state index is -0.0808. The summed E-state index contributed by atoms with van der Waals surface area (Å²) in [4.78, 5) is 22.0. The summed E-state index contributed by atoms with van der Waals surface area (Å²) in [5.74, 6) is -0.114. The molecule has 0 heterocycles. The fraction of sp³-hybridized carbons (Fsp3) is 0.231. The normalized spacial score (nSPS) is 9.67.